The predicted molar refractivity (Wildman–Crippen MR) is 128 cm³/mol. The summed E-state index contributed by atoms with van der Waals surface area (Å²) in [5.41, 5.74) is 2.27. The van der Waals surface area contributed by atoms with Crippen LogP contribution in [0.3, 0.4) is 0 Å². The van der Waals surface area contributed by atoms with E-state index in [-0.39, 0.29) is 11.2 Å². The van der Waals surface area contributed by atoms with Crippen LogP contribution < -0.4 is 10.0 Å². The molecule has 0 bridgehead atoms. The Morgan fingerprint density at radius 3 is 2.47 bits per heavy atom. The van der Waals surface area contributed by atoms with E-state index >= 15 is 0 Å². The van der Waals surface area contributed by atoms with E-state index in [2.05, 4.69) is 20.0 Å². The number of nitrogens with zero attached hydrogens (tertiary/aromatic N) is 2. The number of anilines is 2. The molecule has 32 heavy (non-hydrogen) atoms. The number of benzene rings is 1. The van der Waals surface area contributed by atoms with Crippen LogP contribution in [0.4, 0.5) is 10.8 Å². The second-order valence-corrected chi connectivity index (χ2v) is 11.3. The van der Waals surface area contributed by atoms with E-state index in [0.29, 0.717) is 29.4 Å². The number of amides is 1. The molecular formula is C23H26N4O3S2. The Balaban J connectivity index is 1.43. The van der Waals surface area contributed by atoms with E-state index in [9.17, 15) is 13.2 Å². The second kappa shape index (κ2) is 8.99. The summed E-state index contributed by atoms with van der Waals surface area (Å²) in [6, 6.07) is 11.4. The largest absolute Gasteiger partial charge is 0.325 e. The quantitative estimate of drug-likeness (QED) is 0.516. The summed E-state index contributed by atoms with van der Waals surface area (Å²) < 4.78 is 27.7. The van der Waals surface area contributed by atoms with Crippen molar-refractivity contribution in [1.82, 2.24) is 9.97 Å². The van der Waals surface area contributed by atoms with Crippen molar-refractivity contribution < 1.29 is 13.2 Å². The number of sulfonamides is 1. The fourth-order valence-corrected chi connectivity index (χ4v) is 6.37. The molecule has 2 aromatic heterocycles. The first kappa shape index (κ1) is 22.4. The number of hydrogen-bond acceptors (Lipinski definition) is 6. The molecule has 0 spiro atoms. The van der Waals surface area contributed by atoms with Gasteiger partial charge in [-0.25, -0.2) is 13.4 Å². The topological polar surface area (TPSA) is 101 Å². The highest BCUT2D eigenvalue weighted by molar-refractivity contribution is 7.93. The normalized spacial score (nSPS) is 14.9. The predicted octanol–water partition coefficient (Wildman–Crippen LogP) is 4.81. The average molecular weight is 471 g/mol. The van der Waals surface area contributed by atoms with Crippen molar-refractivity contribution in [2.75, 3.05) is 10.0 Å². The molecule has 1 aromatic carbocycles. The van der Waals surface area contributed by atoms with Crippen LogP contribution in [0.25, 0.3) is 11.1 Å². The summed E-state index contributed by atoms with van der Waals surface area (Å²) in [7, 11) is -3.45. The molecule has 0 aliphatic heterocycles. The third-order valence-electron chi connectivity index (χ3n) is 5.82. The summed E-state index contributed by atoms with van der Waals surface area (Å²) >= 11 is 1.20. The maximum absolute atomic E-state index is 13.0. The molecule has 1 amide bonds. The molecule has 1 fully saturated rings. The molecule has 3 aromatic rings. The van der Waals surface area contributed by atoms with Gasteiger partial charge in [0.1, 0.15) is 0 Å². The van der Waals surface area contributed by atoms with E-state index in [4.69, 9.17) is 0 Å². The fraction of sp³-hybridized carbons (Fsp3) is 0.348. The van der Waals surface area contributed by atoms with Crippen LogP contribution in [-0.4, -0.2) is 29.5 Å². The molecule has 4 rings (SSSR count). The third-order valence-corrected chi connectivity index (χ3v) is 8.53. The van der Waals surface area contributed by atoms with Gasteiger partial charge in [-0.1, -0.05) is 31.0 Å². The van der Waals surface area contributed by atoms with E-state index in [1.165, 1.54) is 11.3 Å². The van der Waals surface area contributed by atoms with Crippen molar-refractivity contribution in [2.45, 2.75) is 50.2 Å². The van der Waals surface area contributed by atoms with Crippen molar-refractivity contribution in [2.24, 2.45) is 0 Å². The van der Waals surface area contributed by atoms with E-state index < -0.39 is 15.4 Å². The van der Waals surface area contributed by atoms with Gasteiger partial charge >= 0.3 is 0 Å². The Kier molecular flexibility index (Phi) is 6.30. The molecule has 2 N–H and O–H groups in total. The number of pyridine rings is 1. The lowest BCUT2D eigenvalue weighted by Gasteiger charge is -2.21. The number of aromatic nitrogens is 2. The van der Waals surface area contributed by atoms with Crippen molar-refractivity contribution in [1.29, 1.82) is 0 Å². The zero-order chi connectivity index (χ0) is 22.8. The molecular weight excluding hydrogens is 444 g/mol. The first-order chi connectivity index (χ1) is 15.3. The minimum Gasteiger partial charge on any atom is -0.325 e. The number of hydrogen-bond donors (Lipinski definition) is 2. The highest BCUT2D eigenvalue weighted by Crippen LogP contribution is 2.31. The van der Waals surface area contributed by atoms with Crippen molar-refractivity contribution in [3.05, 3.63) is 59.9 Å². The van der Waals surface area contributed by atoms with E-state index in [1.807, 2.05) is 36.4 Å². The van der Waals surface area contributed by atoms with Crippen molar-refractivity contribution in [3.8, 4) is 11.1 Å². The smallest absolute Gasteiger partial charge is 0.237 e. The highest BCUT2D eigenvalue weighted by atomic mass is 32.2. The zero-order valence-corrected chi connectivity index (χ0v) is 19.7. The van der Waals surface area contributed by atoms with Gasteiger partial charge in [0.15, 0.2) is 5.13 Å². The Hall–Kier alpha value is -2.78. The Bertz CT molecular complexity index is 1180. The Labute approximate surface area is 192 Å². The Morgan fingerprint density at radius 1 is 1.09 bits per heavy atom. The van der Waals surface area contributed by atoms with Gasteiger partial charge < -0.3 is 5.32 Å². The molecule has 1 aliphatic rings. The fourth-order valence-electron chi connectivity index (χ4n) is 3.69. The maximum atomic E-state index is 13.0. The molecule has 0 radical (unpaired) electrons. The van der Waals surface area contributed by atoms with Crippen LogP contribution in [-0.2, 0) is 20.2 Å². The van der Waals surface area contributed by atoms with E-state index in [0.717, 1.165) is 24.0 Å². The van der Waals surface area contributed by atoms with Gasteiger partial charge in [0, 0.05) is 23.5 Å². The summed E-state index contributed by atoms with van der Waals surface area (Å²) in [5, 5.41) is 4.61. The summed E-state index contributed by atoms with van der Waals surface area (Å²) in [6.45, 7) is 3.55. The van der Waals surface area contributed by atoms with Crippen LogP contribution in [0.5, 0.6) is 0 Å². The SMILES string of the molecule is CC(C)(C(=O)Nc1ccc(-c2cccnc2)cc1)c1csc(NS(=O)(=O)C2CCCC2)n1. The molecule has 0 saturated heterocycles. The van der Waals surface area contributed by atoms with Gasteiger partial charge in [-0.05, 0) is 56.0 Å². The minimum atomic E-state index is -3.45. The molecule has 1 saturated carbocycles. The van der Waals surface area contributed by atoms with Crippen LogP contribution in [0, 0.1) is 0 Å². The van der Waals surface area contributed by atoms with Gasteiger partial charge in [0.05, 0.1) is 16.4 Å². The molecule has 7 nitrogen and oxygen atoms in total. The summed E-state index contributed by atoms with van der Waals surface area (Å²) in [5.74, 6) is -0.220. The molecule has 0 unspecified atom stereocenters. The van der Waals surface area contributed by atoms with Crippen LogP contribution in [0.1, 0.15) is 45.2 Å². The number of nitrogens with one attached hydrogen (secondary N) is 2. The van der Waals surface area contributed by atoms with Crippen LogP contribution in [0.2, 0.25) is 0 Å². The molecule has 0 atom stereocenters. The lowest BCUT2D eigenvalue weighted by molar-refractivity contribution is -0.120. The second-order valence-electron chi connectivity index (χ2n) is 8.49. The van der Waals surface area contributed by atoms with Gasteiger partial charge in [-0.3, -0.25) is 14.5 Å². The standard InChI is InChI=1S/C23H26N4O3S2/c1-23(2,20-15-31-22(26-20)27-32(29,30)19-7-3-4-8-19)21(28)25-18-11-9-16(10-12-18)17-6-5-13-24-14-17/h5-6,9-15,19H,3-4,7-8H2,1-2H3,(H,25,28)(H,26,27). The van der Waals surface area contributed by atoms with Crippen molar-refractivity contribution >= 4 is 38.1 Å². The zero-order valence-electron chi connectivity index (χ0n) is 18.0. The minimum absolute atomic E-state index is 0.220. The Morgan fingerprint density at radius 2 is 1.81 bits per heavy atom. The first-order valence-electron chi connectivity index (χ1n) is 10.6. The van der Waals surface area contributed by atoms with Crippen LogP contribution >= 0.6 is 11.3 Å². The lowest BCUT2D eigenvalue weighted by atomic mass is 9.89. The maximum Gasteiger partial charge on any atom is 0.237 e. The molecule has 1 aliphatic carbocycles. The van der Waals surface area contributed by atoms with E-state index in [1.54, 1.807) is 31.6 Å². The van der Waals surface area contributed by atoms with Crippen LogP contribution in [0.15, 0.2) is 54.2 Å². The monoisotopic (exact) mass is 470 g/mol. The number of thiazole rings is 1. The van der Waals surface area contributed by atoms with Gasteiger partial charge in [0.2, 0.25) is 15.9 Å². The summed E-state index contributed by atoms with van der Waals surface area (Å²) in [4.78, 5) is 21.5. The molecule has 9 heteroatoms. The third kappa shape index (κ3) is 4.83. The molecule has 2 heterocycles. The average Bonchev–Trinajstić information content (AvgIpc) is 3.48. The van der Waals surface area contributed by atoms with Crippen molar-refractivity contribution in [3.63, 3.8) is 0 Å². The molecule has 168 valence electrons. The number of carbonyl (C=O) groups is 1. The lowest BCUT2D eigenvalue weighted by Crippen LogP contribution is -2.35. The highest BCUT2D eigenvalue weighted by Gasteiger charge is 2.34. The van der Waals surface area contributed by atoms with Gasteiger partial charge in [0.25, 0.3) is 0 Å². The summed E-state index contributed by atoms with van der Waals surface area (Å²) in [6.07, 6.45) is 6.75. The van der Waals surface area contributed by atoms with Gasteiger partial charge in [-0.15, -0.1) is 11.3 Å². The number of carbonyl (C=O) groups excluding carboxylic acids is 1. The first-order valence-corrected chi connectivity index (χ1v) is 13.0. The number of rotatable bonds is 7. The van der Waals surface area contributed by atoms with Gasteiger partial charge in [-0.2, -0.15) is 0 Å².